The monoisotopic (exact) mass is 274 g/mol. The standard InChI is InChI=1S/C13H14N4OS/c1-14-11-12-10(16-8-19-12)4-6-17(13(11)18)9-3-2-5-15-7-9/h2-3,5,7-8,11,14H,4,6H2,1H3. The Hall–Kier alpha value is -1.79. The Kier molecular flexibility index (Phi) is 3.27. The van der Waals surface area contributed by atoms with Crippen LogP contribution in [0, 0.1) is 0 Å². The molecule has 1 N–H and O–H groups in total. The Morgan fingerprint density at radius 1 is 1.53 bits per heavy atom. The molecule has 0 saturated carbocycles. The third-order valence-electron chi connectivity index (χ3n) is 3.27. The number of nitrogens with one attached hydrogen (secondary N) is 1. The van der Waals surface area contributed by atoms with Crippen molar-refractivity contribution in [1.29, 1.82) is 0 Å². The second kappa shape index (κ2) is 5.07. The first-order valence-electron chi connectivity index (χ1n) is 6.12. The van der Waals surface area contributed by atoms with E-state index in [9.17, 15) is 4.79 Å². The van der Waals surface area contributed by atoms with Crippen molar-refractivity contribution in [2.75, 3.05) is 18.5 Å². The van der Waals surface area contributed by atoms with E-state index < -0.39 is 0 Å². The number of amides is 1. The molecule has 1 unspecified atom stereocenters. The predicted molar refractivity (Wildman–Crippen MR) is 74.2 cm³/mol. The summed E-state index contributed by atoms with van der Waals surface area (Å²) in [6, 6.07) is 3.44. The summed E-state index contributed by atoms with van der Waals surface area (Å²) < 4.78 is 0. The highest BCUT2D eigenvalue weighted by molar-refractivity contribution is 7.10. The van der Waals surface area contributed by atoms with E-state index in [1.807, 2.05) is 17.6 Å². The molecule has 19 heavy (non-hydrogen) atoms. The minimum atomic E-state index is -0.315. The van der Waals surface area contributed by atoms with Gasteiger partial charge in [0.2, 0.25) is 5.91 Å². The van der Waals surface area contributed by atoms with E-state index in [4.69, 9.17) is 0 Å². The van der Waals surface area contributed by atoms with E-state index in [-0.39, 0.29) is 11.9 Å². The Morgan fingerprint density at radius 2 is 2.42 bits per heavy atom. The molecule has 5 nitrogen and oxygen atoms in total. The van der Waals surface area contributed by atoms with E-state index in [0.717, 1.165) is 22.7 Å². The lowest BCUT2D eigenvalue weighted by atomic mass is 10.2. The molecule has 2 aromatic rings. The molecule has 0 radical (unpaired) electrons. The van der Waals surface area contributed by atoms with Crippen LogP contribution in [0.2, 0.25) is 0 Å². The maximum absolute atomic E-state index is 12.7. The maximum atomic E-state index is 12.7. The number of aromatic nitrogens is 2. The summed E-state index contributed by atoms with van der Waals surface area (Å²) in [5.41, 5.74) is 3.66. The van der Waals surface area contributed by atoms with Crippen molar-refractivity contribution in [3.63, 3.8) is 0 Å². The van der Waals surface area contributed by atoms with E-state index in [1.54, 1.807) is 24.3 Å². The van der Waals surface area contributed by atoms with Crippen LogP contribution in [0.25, 0.3) is 0 Å². The van der Waals surface area contributed by atoms with Crippen LogP contribution in [0.1, 0.15) is 16.6 Å². The summed E-state index contributed by atoms with van der Waals surface area (Å²) in [4.78, 5) is 23.9. The lowest BCUT2D eigenvalue weighted by Gasteiger charge is -2.23. The fourth-order valence-electron chi connectivity index (χ4n) is 2.32. The third-order valence-corrected chi connectivity index (χ3v) is 4.20. The fraction of sp³-hybridized carbons (Fsp3) is 0.308. The number of anilines is 1. The number of rotatable bonds is 2. The molecule has 1 aliphatic heterocycles. The molecule has 0 fully saturated rings. The van der Waals surface area contributed by atoms with Crippen molar-refractivity contribution in [3.05, 3.63) is 40.6 Å². The topological polar surface area (TPSA) is 58.1 Å². The lowest BCUT2D eigenvalue weighted by Crippen LogP contribution is -2.39. The maximum Gasteiger partial charge on any atom is 0.249 e. The average Bonchev–Trinajstić information content (AvgIpc) is 2.85. The van der Waals surface area contributed by atoms with Gasteiger partial charge in [-0.1, -0.05) is 0 Å². The summed E-state index contributed by atoms with van der Waals surface area (Å²) in [6.07, 6.45) is 4.20. The molecule has 0 saturated heterocycles. The number of nitrogens with zero attached hydrogens (tertiary/aromatic N) is 3. The Balaban J connectivity index is 1.99. The van der Waals surface area contributed by atoms with Crippen LogP contribution < -0.4 is 10.2 Å². The van der Waals surface area contributed by atoms with Crippen LogP contribution in [-0.2, 0) is 11.2 Å². The first kappa shape index (κ1) is 12.3. The molecule has 1 atom stereocenters. The number of carbonyl (C=O) groups is 1. The average molecular weight is 274 g/mol. The van der Waals surface area contributed by atoms with Gasteiger partial charge in [-0.05, 0) is 19.2 Å². The smallest absolute Gasteiger partial charge is 0.249 e. The van der Waals surface area contributed by atoms with Crippen LogP contribution in [0.3, 0.4) is 0 Å². The van der Waals surface area contributed by atoms with Crippen LogP contribution in [0.5, 0.6) is 0 Å². The molecule has 0 spiro atoms. The van der Waals surface area contributed by atoms with Crippen molar-refractivity contribution in [2.45, 2.75) is 12.5 Å². The van der Waals surface area contributed by atoms with Gasteiger partial charge in [-0.25, -0.2) is 4.98 Å². The molecule has 98 valence electrons. The zero-order valence-electron chi connectivity index (χ0n) is 10.5. The molecule has 3 heterocycles. The van der Waals surface area contributed by atoms with Gasteiger partial charge in [-0.2, -0.15) is 0 Å². The van der Waals surface area contributed by atoms with E-state index in [1.165, 1.54) is 11.3 Å². The fourth-order valence-corrected chi connectivity index (χ4v) is 3.26. The Labute approximate surface area is 115 Å². The van der Waals surface area contributed by atoms with Gasteiger partial charge in [0, 0.05) is 19.2 Å². The largest absolute Gasteiger partial charge is 0.309 e. The molecule has 0 aromatic carbocycles. The van der Waals surface area contributed by atoms with Crippen molar-refractivity contribution in [3.8, 4) is 0 Å². The molecular weight excluding hydrogens is 260 g/mol. The summed E-state index contributed by atoms with van der Waals surface area (Å²) in [6.45, 7) is 0.638. The van der Waals surface area contributed by atoms with Crippen molar-refractivity contribution >= 4 is 22.9 Å². The van der Waals surface area contributed by atoms with Crippen molar-refractivity contribution < 1.29 is 4.79 Å². The predicted octanol–water partition coefficient (Wildman–Crippen LogP) is 1.39. The molecule has 0 bridgehead atoms. The highest BCUT2D eigenvalue weighted by Gasteiger charge is 2.32. The van der Waals surface area contributed by atoms with Gasteiger partial charge in [-0.3, -0.25) is 9.78 Å². The first-order chi connectivity index (χ1) is 9.31. The summed E-state index contributed by atoms with van der Waals surface area (Å²) >= 11 is 1.54. The molecular formula is C13H14N4OS. The number of likely N-dealkylation sites (N-methyl/N-ethyl adjacent to an activating group) is 1. The minimum Gasteiger partial charge on any atom is -0.309 e. The van der Waals surface area contributed by atoms with Crippen LogP contribution in [0.15, 0.2) is 30.0 Å². The second-order valence-corrected chi connectivity index (χ2v) is 5.22. The van der Waals surface area contributed by atoms with E-state index >= 15 is 0 Å². The lowest BCUT2D eigenvalue weighted by molar-refractivity contribution is -0.120. The van der Waals surface area contributed by atoms with Crippen LogP contribution in [0.4, 0.5) is 5.69 Å². The van der Waals surface area contributed by atoms with Gasteiger partial charge in [0.25, 0.3) is 0 Å². The highest BCUT2D eigenvalue weighted by atomic mass is 32.1. The van der Waals surface area contributed by atoms with Gasteiger partial charge in [-0.15, -0.1) is 11.3 Å². The molecule has 0 aliphatic carbocycles. The number of hydrogen-bond donors (Lipinski definition) is 1. The number of thiazole rings is 1. The Bertz CT molecular complexity index is 583. The summed E-state index contributed by atoms with van der Waals surface area (Å²) in [5, 5.41) is 3.09. The Morgan fingerprint density at radius 3 is 3.16 bits per heavy atom. The number of carbonyl (C=O) groups excluding carboxylic acids is 1. The molecule has 6 heteroatoms. The highest BCUT2D eigenvalue weighted by Crippen LogP contribution is 2.29. The third kappa shape index (κ3) is 2.13. The van der Waals surface area contributed by atoms with Crippen LogP contribution in [-0.4, -0.2) is 29.5 Å². The van der Waals surface area contributed by atoms with Crippen LogP contribution >= 0.6 is 11.3 Å². The normalized spacial score (nSPS) is 19.1. The quantitative estimate of drug-likeness (QED) is 0.899. The minimum absolute atomic E-state index is 0.0542. The van der Waals surface area contributed by atoms with Gasteiger partial charge in [0.1, 0.15) is 6.04 Å². The zero-order valence-corrected chi connectivity index (χ0v) is 11.4. The van der Waals surface area contributed by atoms with Gasteiger partial charge < -0.3 is 10.2 Å². The molecule has 2 aromatic heterocycles. The molecule has 1 aliphatic rings. The summed E-state index contributed by atoms with van der Waals surface area (Å²) in [5.74, 6) is 0.0542. The number of pyridine rings is 1. The number of fused-ring (bicyclic) bond motifs is 1. The zero-order chi connectivity index (χ0) is 13.2. The van der Waals surface area contributed by atoms with Gasteiger partial charge >= 0.3 is 0 Å². The molecule has 3 rings (SSSR count). The van der Waals surface area contributed by atoms with Crippen molar-refractivity contribution in [2.24, 2.45) is 0 Å². The van der Waals surface area contributed by atoms with Crippen molar-refractivity contribution in [1.82, 2.24) is 15.3 Å². The second-order valence-electron chi connectivity index (χ2n) is 4.34. The van der Waals surface area contributed by atoms with E-state index in [2.05, 4.69) is 15.3 Å². The van der Waals surface area contributed by atoms with Gasteiger partial charge in [0.15, 0.2) is 0 Å². The van der Waals surface area contributed by atoms with E-state index in [0.29, 0.717) is 6.54 Å². The number of hydrogen-bond acceptors (Lipinski definition) is 5. The van der Waals surface area contributed by atoms with Gasteiger partial charge in [0.05, 0.1) is 28.0 Å². The SMILES string of the molecule is CNC1C(=O)N(c2cccnc2)CCc2ncsc21. The first-order valence-corrected chi connectivity index (χ1v) is 7.00. The molecule has 1 amide bonds. The summed E-state index contributed by atoms with van der Waals surface area (Å²) in [7, 11) is 1.80.